The molecule has 1 saturated heterocycles. The molecule has 1 N–H and O–H groups in total. The minimum Gasteiger partial charge on any atom is -0.434 e. The number of hydrogen-bond donors (Lipinski definition) is 1. The number of carbonyl (C=O) groups excluding carboxylic acids is 3. The Morgan fingerprint density at radius 1 is 1.14 bits per heavy atom. The number of likely N-dealkylation sites (N-methyl/N-ethyl adjacent to an activating group) is 1. The van der Waals surface area contributed by atoms with E-state index in [1.165, 1.54) is 6.92 Å². The van der Waals surface area contributed by atoms with Gasteiger partial charge in [-0.3, -0.25) is 9.59 Å². The Morgan fingerprint density at radius 2 is 1.76 bits per heavy atom. The minimum atomic E-state index is -0.706. The summed E-state index contributed by atoms with van der Waals surface area (Å²) >= 11 is 0. The van der Waals surface area contributed by atoms with Gasteiger partial charge in [-0.2, -0.15) is 0 Å². The number of cyclic esters (lactones) is 1. The second-order valence-corrected chi connectivity index (χ2v) is 7.70. The van der Waals surface area contributed by atoms with E-state index in [2.05, 4.69) is 10.2 Å². The molecular weight excluding hydrogens is 372 g/mol. The van der Waals surface area contributed by atoms with Crippen LogP contribution in [0.2, 0.25) is 0 Å². The van der Waals surface area contributed by atoms with Crippen LogP contribution in [0.25, 0.3) is 5.57 Å². The summed E-state index contributed by atoms with van der Waals surface area (Å²) in [5.41, 5.74) is 3.01. The van der Waals surface area contributed by atoms with E-state index in [9.17, 15) is 14.4 Å². The second kappa shape index (κ2) is 8.65. The van der Waals surface area contributed by atoms with Crippen LogP contribution in [-0.4, -0.2) is 80.6 Å². The van der Waals surface area contributed by atoms with Gasteiger partial charge in [-0.05, 0) is 38.7 Å². The average molecular weight is 400 g/mol. The van der Waals surface area contributed by atoms with Crippen molar-refractivity contribution in [1.29, 1.82) is 0 Å². The van der Waals surface area contributed by atoms with E-state index in [1.54, 1.807) is 6.92 Å². The monoisotopic (exact) mass is 400 g/mol. The number of hydrogen-bond acceptors (Lipinski definition) is 6. The lowest BCUT2D eigenvalue weighted by Crippen LogP contribution is -2.50. The van der Waals surface area contributed by atoms with E-state index < -0.39 is 12.2 Å². The summed E-state index contributed by atoms with van der Waals surface area (Å²) in [4.78, 5) is 41.7. The molecule has 8 heteroatoms. The molecule has 3 rings (SSSR count). The molecule has 29 heavy (non-hydrogen) atoms. The fraction of sp³-hybridized carbons (Fsp3) is 0.476. The summed E-state index contributed by atoms with van der Waals surface area (Å²) in [5.74, 6) is -0.523. The van der Waals surface area contributed by atoms with Gasteiger partial charge in [-0.15, -0.1) is 0 Å². The molecule has 0 saturated carbocycles. The molecule has 0 spiro atoms. The number of piperazine rings is 1. The fourth-order valence-corrected chi connectivity index (χ4v) is 3.64. The highest BCUT2D eigenvalue weighted by molar-refractivity contribution is 6.19. The van der Waals surface area contributed by atoms with Crippen molar-refractivity contribution in [2.45, 2.75) is 20.1 Å². The normalized spacial score (nSPS) is 19.6. The van der Waals surface area contributed by atoms with Crippen LogP contribution in [0.5, 0.6) is 0 Å². The average Bonchev–Trinajstić information content (AvgIpc) is 2.94. The van der Waals surface area contributed by atoms with Crippen LogP contribution in [0, 0.1) is 0 Å². The molecule has 8 nitrogen and oxygen atoms in total. The molecule has 0 radical (unpaired) electrons. The maximum atomic E-state index is 12.3. The summed E-state index contributed by atoms with van der Waals surface area (Å²) in [6.07, 6.45) is -0.706. The molecule has 1 aromatic rings. The van der Waals surface area contributed by atoms with Crippen molar-refractivity contribution >= 4 is 29.0 Å². The van der Waals surface area contributed by atoms with Crippen LogP contribution in [0.15, 0.2) is 29.8 Å². The van der Waals surface area contributed by atoms with Crippen molar-refractivity contribution < 1.29 is 19.1 Å². The minimum absolute atomic E-state index is 0.154. The summed E-state index contributed by atoms with van der Waals surface area (Å²) in [6, 6.07) is 7.75. The highest BCUT2D eigenvalue weighted by atomic mass is 16.6. The van der Waals surface area contributed by atoms with Gasteiger partial charge in [0.15, 0.2) is 6.23 Å². The Balaban J connectivity index is 1.65. The molecule has 0 aliphatic carbocycles. The molecule has 1 fully saturated rings. The second-order valence-electron chi connectivity index (χ2n) is 7.70. The van der Waals surface area contributed by atoms with Gasteiger partial charge in [-0.1, -0.05) is 12.1 Å². The zero-order chi connectivity index (χ0) is 21.1. The third-order valence-corrected chi connectivity index (χ3v) is 5.16. The number of nitrogens with one attached hydrogen (secondary N) is 1. The van der Waals surface area contributed by atoms with E-state index in [0.717, 1.165) is 24.3 Å². The first-order valence-corrected chi connectivity index (χ1v) is 9.73. The Hall–Kier alpha value is -2.87. The van der Waals surface area contributed by atoms with Gasteiger partial charge in [0.1, 0.15) is 0 Å². The number of carbonyl (C=O) groups is 3. The van der Waals surface area contributed by atoms with Crippen molar-refractivity contribution in [2.75, 3.05) is 51.7 Å². The number of esters is 1. The van der Waals surface area contributed by atoms with Gasteiger partial charge in [0.05, 0.1) is 12.1 Å². The molecule has 2 heterocycles. The van der Waals surface area contributed by atoms with E-state index in [-0.39, 0.29) is 11.8 Å². The van der Waals surface area contributed by atoms with Crippen LogP contribution in [0.4, 0.5) is 5.69 Å². The highest BCUT2D eigenvalue weighted by Crippen LogP contribution is 2.30. The van der Waals surface area contributed by atoms with E-state index >= 15 is 0 Å². The predicted octanol–water partition coefficient (Wildman–Crippen LogP) is 0.689. The Kier molecular flexibility index (Phi) is 6.22. The number of anilines is 1. The van der Waals surface area contributed by atoms with E-state index in [0.29, 0.717) is 30.8 Å². The van der Waals surface area contributed by atoms with Gasteiger partial charge in [0.2, 0.25) is 11.8 Å². The molecule has 0 bridgehead atoms. The van der Waals surface area contributed by atoms with Gasteiger partial charge >= 0.3 is 5.97 Å². The van der Waals surface area contributed by atoms with Gasteiger partial charge in [-0.25, -0.2) is 4.79 Å². The summed E-state index contributed by atoms with van der Waals surface area (Å²) in [5, 5.41) is 2.63. The third kappa shape index (κ3) is 4.76. The quantitative estimate of drug-likeness (QED) is 0.733. The predicted molar refractivity (Wildman–Crippen MR) is 110 cm³/mol. The summed E-state index contributed by atoms with van der Waals surface area (Å²) in [7, 11) is 3.79. The molecule has 0 aromatic heterocycles. The number of benzene rings is 1. The van der Waals surface area contributed by atoms with Crippen molar-refractivity contribution in [3.63, 3.8) is 0 Å². The van der Waals surface area contributed by atoms with Crippen LogP contribution in [0.1, 0.15) is 19.4 Å². The van der Waals surface area contributed by atoms with Crippen LogP contribution in [-0.2, 0) is 19.1 Å². The first kappa shape index (κ1) is 20.9. The number of ether oxygens (including phenoxy) is 1. The number of amides is 2. The van der Waals surface area contributed by atoms with Crippen LogP contribution >= 0.6 is 0 Å². The lowest BCUT2D eigenvalue weighted by atomic mass is 10.0. The van der Waals surface area contributed by atoms with E-state index in [1.807, 2.05) is 48.2 Å². The standard InChI is InChI=1S/C21H28N4O4/c1-14-19(21(28)29-20(14)22-15(2)26)16-5-7-17(8-6-16)24-9-11-25(12-10-24)18(27)13-23(3)4/h5-8,20H,9-13H2,1-4H3,(H,22,26)/t20-/m1/s1. The van der Waals surface area contributed by atoms with Crippen molar-refractivity contribution in [3.8, 4) is 0 Å². The Labute approximate surface area is 171 Å². The molecule has 2 aliphatic heterocycles. The maximum Gasteiger partial charge on any atom is 0.341 e. The molecule has 1 aromatic carbocycles. The molecule has 2 amide bonds. The molecule has 0 unspecified atom stereocenters. The molecule has 1 atom stereocenters. The van der Waals surface area contributed by atoms with Crippen molar-refractivity contribution in [1.82, 2.24) is 15.1 Å². The molecular formula is C21H28N4O4. The van der Waals surface area contributed by atoms with E-state index in [4.69, 9.17) is 4.74 Å². The summed E-state index contributed by atoms with van der Waals surface area (Å²) < 4.78 is 5.26. The highest BCUT2D eigenvalue weighted by Gasteiger charge is 2.32. The smallest absolute Gasteiger partial charge is 0.341 e. The Morgan fingerprint density at radius 3 is 2.31 bits per heavy atom. The molecule has 2 aliphatic rings. The lowest BCUT2D eigenvalue weighted by molar-refractivity contribution is -0.140. The SMILES string of the molecule is CC(=O)N[C@@H]1OC(=O)C(c2ccc(N3CCN(C(=O)CN(C)C)CC3)cc2)=C1C. The Bertz CT molecular complexity index is 824. The topological polar surface area (TPSA) is 82.2 Å². The largest absolute Gasteiger partial charge is 0.434 e. The maximum absolute atomic E-state index is 12.3. The molecule has 156 valence electrons. The van der Waals surface area contributed by atoms with Gasteiger partial charge < -0.3 is 24.8 Å². The van der Waals surface area contributed by atoms with Crippen LogP contribution < -0.4 is 10.2 Å². The van der Waals surface area contributed by atoms with Crippen LogP contribution in [0.3, 0.4) is 0 Å². The first-order chi connectivity index (χ1) is 13.8. The fourth-order valence-electron chi connectivity index (χ4n) is 3.64. The van der Waals surface area contributed by atoms with Gasteiger partial charge in [0.25, 0.3) is 0 Å². The number of rotatable bonds is 5. The number of nitrogens with zero attached hydrogens (tertiary/aromatic N) is 3. The zero-order valence-electron chi connectivity index (χ0n) is 17.4. The summed E-state index contributed by atoms with van der Waals surface area (Å²) in [6.45, 7) is 6.55. The van der Waals surface area contributed by atoms with Crippen molar-refractivity contribution in [2.24, 2.45) is 0 Å². The zero-order valence-corrected chi connectivity index (χ0v) is 17.4. The van der Waals surface area contributed by atoms with Crippen molar-refractivity contribution in [3.05, 3.63) is 35.4 Å². The third-order valence-electron chi connectivity index (χ3n) is 5.16. The lowest BCUT2D eigenvalue weighted by Gasteiger charge is -2.36. The van der Waals surface area contributed by atoms with Gasteiger partial charge in [0, 0.05) is 44.4 Å². The first-order valence-electron chi connectivity index (χ1n) is 9.73.